The van der Waals surface area contributed by atoms with Crippen LogP contribution in [0.5, 0.6) is 0 Å². The van der Waals surface area contributed by atoms with Gasteiger partial charge in [-0.05, 0) is 37.3 Å². The number of esters is 1. The Morgan fingerprint density at radius 1 is 1.24 bits per heavy atom. The quantitative estimate of drug-likeness (QED) is 0.635. The number of hydrogen-bond donors (Lipinski definition) is 2. The van der Waals surface area contributed by atoms with Crippen molar-refractivity contribution in [2.45, 2.75) is 32.2 Å². The van der Waals surface area contributed by atoms with E-state index in [1.807, 2.05) is 18.2 Å². The van der Waals surface area contributed by atoms with Gasteiger partial charge in [0, 0.05) is 6.07 Å². The predicted octanol–water partition coefficient (Wildman–Crippen LogP) is 2.39. The first-order valence-corrected chi connectivity index (χ1v) is 10.5. The van der Waals surface area contributed by atoms with E-state index >= 15 is 0 Å². The second kappa shape index (κ2) is 10.1. The first-order chi connectivity index (χ1) is 14.0. The maximum absolute atomic E-state index is 12.1. The van der Waals surface area contributed by atoms with E-state index in [0.29, 0.717) is 11.6 Å². The monoisotopic (exact) mass is 417 g/mol. The van der Waals surface area contributed by atoms with Crippen molar-refractivity contribution in [3.63, 3.8) is 0 Å². The summed E-state index contributed by atoms with van der Waals surface area (Å²) in [5.41, 5.74) is 2.37. The minimum absolute atomic E-state index is 0.0230. The van der Waals surface area contributed by atoms with Gasteiger partial charge in [-0.2, -0.15) is 0 Å². The Morgan fingerprint density at radius 2 is 2.07 bits per heavy atom. The molecular formula is C20H23N3O5S. The third-order valence-electron chi connectivity index (χ3n) is 4.42. The average molecular weight is 417 g/mol. The molecule has 29 heavy (non-hydrogen) atoms. The predicted molar refractivity (Wildman–Crippen MR) is 108 cm³/mol. The highest BCUT2D eigenvalue weighted by molar-refractivity contribution is 8.00. The van der Waals surface area contributed by atoms with Gasteiger partial charge in [-0.25, -0.2) is 0 Å². The molecule has 2 N–H and O–H groups in total. The summed E-state index contributed by atoms with van der Waals surface area (Å²) in [5, 5.41) is 9.15. The van der Waals surface area contributed by atoms with E-state index in [-0.39, 0.29) is 36.0 Å². The third-order valence-corrected chi connectivity index (χ3v) is 5.32. The number of nitrogens with zero attached hydrogens (tertiary/aromatic N) is 1. The summed E-state index contributed by atoms with van der Waals surface area (Å²) in [6.07, 6.45) is 2.89. The van der Waals surface area contributed by atoms with Crippen LogP contribution in [0, 0.1) is 6.92 Å². The summed E-state index contributed by atoms with van der Waals surface area (Å²) in [6, 6.07) is 9.60. The van der Waals surface area contributed by atoms with Gasteiger partial charge >= 0.3 is 5.97 Å². The van der Waals surface area contributed by atoms with Crippen LogP contribution < -0.4 is 10.6 Å². The Bertz CT molecular complexity index is 883. The fourth-order valence-electron chi connectivity index (χ4n) is 3.16. The molecule has 0 saturated carbocycles. The van der Waals surface area contributed by atoms with Crippen LogP contribution in [0.25, 0.3) is 0 Å². The number of carbonyl (C=O) groups is 3. The molecule has 1 atom stereocenters. The number of aryl methyl sites for hydroxylation is 2. The van der Waals surface area contributed by atoms with Gasteiger partial charge in [-0.1, -0.05) is 29.4 Å². The van der Waals surface area contributed by atoms with Crippen molar-refractivity contribution in [1.82, 2.24) is 10.5 Å². The summed E-state index contributed by atoms with van der Waals surface area (Å²) in [6.45, 7) is 1.39. The van der Waals surface area contributed by atoms with Gasteiger partial charge in [0.1, 0.15) is 5.76 Å². The fourth-order valence-corrected chi connectivity index (χ4v) is 3.77. The van der Waals surface area contributed by atoms with Crippen molar-refractivity contribution in [1.29, 1.82) is 0 Å². The fraction of sp³-hybridized carbons (Fsp3) is 0.400. The van der Waals surface area contributed by atoms with Crippen LogP contribution in [0.15, 0.2) is 34.9 Å². The van der Waals surface area contributed by atoms with Crippen LogP contribution in [-0.2, 0) is 25.5 Å². The molecule has 0 bridgehead atoms. The van der Waals surface area contributed by atoms with Gasteiger partial charge in [0.25, 0.3) is 5.91 Å². The lowest BCUT2D eigenvalue weighted by molar-refractivity contribution is -0.146. The van der Waals surface area contributed by atoms with E-state index in [0.717, 1.165) is 36.6 Å². The Labute approximate surface area is 172 Å². The Morgan fingerprint density at radius 3 is 2.86 bits per heavy atom. The number of thioether (sulfide) groups is 1. The highest BCUT2D eigenvalue weighted by Gasteiger charge is 2.21. The molecule has 0 saturated heterocycles. The molecule has 0 radical (unpaired) electrons. The lowest BCUT2D eigenvalue weighted by Crippen LogP contribution is -2.34. The Kier molecular flexibility index (Phi) is 7.29. The van der Waals surface area contributed by atoms with Gasteiger partial charge < -0.3 is 19.9 Å². The first kappa shape index (κ1) is 20.9. The zero-order valence-electron chi connectivity index (χ0n) is 16.1. The number of ether oxygens (including phenoxy) is 1. The van der Waals surface area contributed by atoms with Crippen molar-refractivity contribution in [3.05, 3.63) is 47.2 Å². The van der Waals surface area contributed by atoms with Crippen molar-refractivity contribution < 1.29 is 23.6 Å². The molecule has 1 aliphatic rings. The van der Waals surface area contributed by atoms with Gasteiger partial charge in [0.2, 0.25) is 5.91 Å². The number of fused-ring (bicyclic) bond motifs is 1. The number of carbonyl (C=O) groups excluding carboxylic acids is 3. The molecule has 8 nitrogen and oxygen atoms in total. The van der Waals surface area contributed by atoms with Crippen LogP contribution in [-0.4, -0.2) is 41.1 Å². The summed E-state index contributed by atoms with van der Waals surface area (Å²) in [5.74, 6) is -0.215. The molecule has 1 aromatic carbocycles. The SMILES string of the molecule is Cc1cc(NC(=O)CSCC(=O)OCC(=O)N[C@H]2CCCc3ccccc32)no1. The molecule has 2 amide bonds. The van der Waals surface area contributed by atoms with Crippen molar-refractivity contribution in [2.24, 2.45) is 0 Å². The topological polar surface area (TPSA) is 111 Å². The summed E-state index contributed by atoms with van der Waals surface area (Å²) in [7, 11) is 0. The second-order valence-electron chi connectivity index (χ2n) is 6.74. The largest absolute Gasteiger partial charge is 0.455 e. The third kappa shape index (κ3) is 6.35. The van der Waals surface area contributed by atoms with Crippen LogP contribution >= 0.6 is 11.8 Å². The molecular weight excluding hydrogens is 394 g/mol. The zero-order valence-corrected chi connectivity index (χ0v) is 16.9. The van der Waals surface area contributed by atoms with Gasteiger partial charge in [-0.15, -0.1) is 11.8 Å². The van der Waals surface area contributed by atoms with Gasteiger partial charge in [0.05, 0.1) is 17.5 Å². The summed E-state index contributed by atoms with van der Waals surface area (Å²) < 4.78 is 9.86. The van der Waals surface area contributed by atoms with E-state index in [4.69, 9.17) is 9.26 Å². The zero-order chi connectivity index (χ0) is 20.6. The number of nitrogens with one attached hydrogen (secondary N) is 2. The minimum atomic E-state index is -0.542. The molecule has 1 aliphatic carbocycles. The lowest BCUT2D eigenvalue weighted by atomic mass is 9.88. The highest BCUT2D eigenvalue weighted by atomic mass is 32.2. The van der Waals surface area contributed by atoms with Crippen molar-refractivity contribution in [2.75, 3.05) is 23.4 Å². The summed E-state index contributed by atoms with van der Waals surface area (Å²) in [4.78, 5) is 35.7. The standard InChI is InChI=1S/C20H23N3O5S/c1-13-9-17(23-28-13)22-19(25)11-29-12-20(26)27-10-18(24)21-16-8-4-6-14-5-2-3-7-15(14)16/h2-3,5,7,9,16H,4,6,8,10-12H2,1H3,(H,21,24)(H,22,23,25)/t16-/m0/s1. The van der Waals surface area contributed by atoms with Crippen LogP contribution in [0.2, 0.25) is 0 Å². The Hall–Kier alpha value is -2.81. The van der Waals surface area contributed by atoms with Crippen LogP contribution in [0.1, 0.15) is 35.8 Å². The smallest absolute Gasteiger partial charge is 0.316 e. The molecule has 3 rings (SSSR count). The van der Waals surface area contributed by atoms with Crippen LogP contribution in [0.4, 0.5) is 5.82 Å². The number of rotatable bonds is 8. The van der Waals surface area contributed by atoms with Crippen LogP contribution in [0.3, 0.4) is 0 Å². The van der Waals surface area contributed by atoms with Gasteiger partial charge in [0.15, 0.2) is 12.4 Å². The maximum atomic E-state index is 12.1. The van der Waals surface area contributed by atoms with E-state index in [2.05, 4.69) is 21.9 Å². The van der Waals surface area contributed by atoms with Gasteiger partial charge in [-0.3, -0.25) is 14.4 Å². The number of amides is 2. The lowest BCUT2D eigenvalue weighted by Gasteiger charge is -2.26. The molecule has 1 heterocycles. The van der Waals surface area contributed by atoms with E-state index in [9.17, 15) is 14.4 Å². The summed E-state index contributed by atoms with van der Waals surface area (Å²) >= 11 is 1.10. The normalized spacial score (nSPS) is 15.3. The molecule has 1 aromatic heterocycles. The molecule has 2 aromatic rings. The number of aromatic nitrogens is 1. The van der Waals surface area contributed by atoms with E-state index in [1.165, 1.54) is 5.56 Å². The number of anilines is 1. The molecule has 0 unspecified atom stereocenters. The minimum Gasteiger partial charge on any atom is -0.455 e. The molecule has 0 spiro atoms. The molecule has 154 valence electrons. The highest BCUT2D eigenvalue weighted by Crippen LogP contribution is 2.29. The number of hydrogen-bond acceptors (Lipinski definition) is 7. The van der Waals surface area contributed by atoms with Crippen molar-refractivity contribution in [3.8, 4) is 0 Å². The van der Waals surface area contributed by atoms with E-state index in [1.54, 1.807) is 13.0 Å². The molecule has 0 aliphatic heterocycles. The second-order valence-corrected chi connectivity index (χ2v) is 7.72. The molecule has 0 fully saturated rings. The molecule has 9 heteroatoms. The van der Waals surface area contributed by atoms with E-state index < -0.39 is 5.97 Å². The van der Waals surface area contributed by atoms with Crippen molar-refractivity contribution >= 4 is 35.4 Å². The Balaban J connectivity index is 1.33. The first-order valence-electron chi connectivity index (χ1n) is 9.35. The maximum Gasteiger partial charge on any atom is 0.316 e. The number of benzene rings is 1. The average Bonchev–Trinajstić information content (AvgIpc) is 3.11.